The minimum absolute atomic E-state index is 0.0142. The molecule has 4 heteroatoms. The third kappa shape index (κ3) is 5.33. The number of likely N-dealkylation sites (tertiary alicyclic amines) is 1. The number of hydrogen-bond donors (Lipinski definition) is 0. The summed E-state index contributed by atoms with van der Waals surface area (Å²) in [6, 6.07) is 1.59. The normalized spacial score (nSPS) is 28.6. The van der Waals surface area contributed by atoms with Gasteiger partial charge in [0.1, 0.15) is 0 Å². The summed E-state index contributed by atoms with van der Waals surface area (Å²) in [5.74, 6) is 0.260. The first-order valence-corrected chi connectivity index (χ1v) is 13.8. The van der Waals surface area contributed by atoms with Gasteiger partial charge >= 0.3 is 0 Å². The van der Waals surface area contributed by atoms with Crippen molar-refractivity contribution in [3.05, 3.63) is 59.8 Å². The number of carbonyl (C=O) groups excluding carboxylic acids is 1. The number of rotatable bonds is 9. The highest BCUT2D eigenvalue weighted by Crippen LogP contribution is 2.40. The first kappa shape index (κ1) is 25.2. The van der Waals surface area contributed by atoms with Gasteiger partial charge in [0.15, 0.2) is 0 Å². The van der Waals surface area contributed by atoms with Crippen LogP contribution < -0.4 is 0 Å². The number of hydrogen-bond acceptors (Lipinski definition) is 3. The molecule has 4 atom stereocenters. The Morgan fingerprint density at radius 2 is 1.97 bits per heavy atom. The van der Waals surface area contributed by atoms with Crippen LogP contribution in [-0.2, 0) is 4.79 Å². The molecule has 2 bridgehead atoms. The summed E-state index contributed by atoms with van der Waals surface area (Å²) in [7, 11) is 0. The van der Waals surface area contributed by atoms with Gasteiger partial charge in [-0.05, 0) is 69.9 Å². The molecule has 34 heavy (non-hydrogen) atoms. The number of allylic oxidation sites excluding steroid dienone is 4. The average molecular weight is 464 g/mol. The molecule has 0 aromatic rings. The van der Waals surface area contributed by atoms with Crippen molar-refractivity contribution in [2.24, 2.45) is 5.92 Å². The molecule has 1 amide bonds. The van der Waals surface area contributed by atoms with Gasteiger partial charge in [-0.3, -0.25) is 14.6 Å². The summed E-state index contributed by atoms with van der Waals surface area (Å²) < 4.78 is 0. The molecule has 0 aromatic heterocycles. The fourth-order valence-corrected chi connectivity index (χ4v) is 6.58. The molecule has 2 saturated heterocycles. The third-order valence-corrected chi connectivity index (χ3v) is 8.42. The van der Waals surface area contributed by atoms with Crippen LogP contribution in [0, 0.1) is 5.92 Å². The topological polar surface area (TPSA) is 26.8 Å². The Labute approximate surface area is 207 Å². The minimum Gasteiger partial charge on any atom is -0.343 e. The highest BCUT2D eigenvalue weighted by Gasteiger charge is 2.43. The lowest BCUT2D eigenvalue weighted by molar-refractivity contribution is -0.133. The maximum atomic E-state index is 13.0. The lowest BCUT2D eigenvalue weighted by Gasteiger charge is -2.40. The molecule has 0 saturated carbocycles. The number of amides is 1. The maximum Gasteiger partial charge on any atom is 0.229 e. The van der Waals surface area contributed by atoms with Gasteiger partial charge in [-0.15, -0.1) is 6.58 Å². The monoisotopic (exact) mass is 463 g/mol. The Morgan fingerprint density at radius 3 is 2.65 bits per heavy atom. The van der Waals surface area contributed by atoms with Crippen molar-refractivity contribution < 1.29 is 4.79 Å². The van der Waals surface area contributed by atoms with Crippen LogP contribution in [-0.4, -0.2) is 71.5 Å². The molecule has 4 nitrogen and oxygen atoms in total. The molecule has 186 valence electrons. The van der Waals surface area contributed by atoms with Crippen LogP contribution in [0.25, 0.3) is 0 Å². The molecule has 0 aromatic carbocycles. The van der Waals surface area contributed by atoms with Crippen LogP contribution in [0.2, 0.25) is 0 Å². The van der Waals surface area contributed by atoms with Gasteiger partial charge < -0.3 is 4.90 Å². The van der Waals surface area contributed by atoms with E-state index >= 15 is 0 Å². The van der Waals surface area contributed by atoms with Crippen molar-refractivity contribution in [1.82, 2.24) is 14.7 Å². The van der Waals surface area contributed by atoms with Crippen LogP contribution in [0.5, 0.6) is 0 Å². The van der Waals surface area contributed by atoms with Crippen molar-refractivity contribution in [3.8, 4) is 0 Å². The fraction of sp³-hybridized carbons (Fsp3) is 0.633. The zero-order valence-corrected chi connectivity index (χ0v) is 21.7. The molecular formula is C30H45N3O. The summed E-state index contributed by atoms with van der Waals surface area (Å²) in [5, 5.41) is 0. The highest BCUT2D eigenvalue weighted by molar-refractivity contribution is 5.81. The largest absolute Gasteiger partial charge is 0.343 e. The van der Waals surface area contributed by atoms with E-state index in [0.717, 1.165) is 51.9 Å². The Bertz CT molecular complexity index is 862. The number of nitrogens with zero attached hydrogens (tertiary/aromatic N) is 3. The minimum atomic E-state index is -0.0142. The van der Waals surface area contributed by atoms with E-state index in [1.54, 1.807) is 5.57 Å². The van der Waals surface area contributed by atoms with Crippen molar-refractivity contribution in [2.45, 2.75) is 83.8 Å². The lowest BCUT2D eigenvalue weighted by Crippen LogP contribution is -2.47. The second kappa shape index (κ2) is 11.7. The van der Waals surface area contributed by atoms with Crippen molar-refractivity contribution in [3.63, 3.8) is 0 Å². The molecule has 2 fully saturated rings. The van der Waals surface area contributed by atoms with E-state index < -0.39 is 0 Å². The van der Waals surface area contributed by atoms with Crippen LogP contribution in [0.1, 0.15) is 65.7 Å². The molecule has 4 rings (SSSR count). The van der Waals surface area contributed by atoms with Crippen LogP contribution >= 0.6 is 0 Å². The fourth-order valence-electron chi connectivity index (χ4n) is 6.58. The SMILES string of the molecule is C=CCN1CCC2CCC(C1)N2C(C1=CCC(C(=O)N(CC)CC)C=C1)C1=CC(CC)=CCC1. The lowest BCUT2D eigenvalue weighted by atomic mass is 9.83. The molecule has 4 unspecified atom stereocenters. The molecular weight excluding hydrogens is 418 g/mol. The third-order valence-electron chi connectivity index (χ3n) is 8.42. The van der Waals surface area contributed by atoms with E-state index in [1.165, 1.54) is 37.0 Å². The highest BCUT2D eigenvalue weighted by atomic mass is 16.2. The first-order valence-electron chi connectivity index (χ1n) is 13.8. The second-order valence-electron chi connectivity index (χ2n) is 10.4. The van der Waals surface area contributed by atoms with Gasteiger partial charge in [0, 0.05) is 44.8 Å². The Kier molecular flexibility index (Phi) is 8.65. The average Bonchev–Trinajstić information content (AvgIpc) is 3.16. The standard InChI is InChI=1S/C30H45N3O/c1-5-19-31-20-18-27-16-17-28(22-31)33(27)29(26-11-9-10-23(6-2)21-26)24-12-14-25(15-13-24)30(34)32(7-3)8-4/h5,10,12-14,21,25,27-29H,1,6-9,11,15-20,22H2,2-4H3. The Hall–Kier alpha value is -1.91. The van der Waals surface area contributed by atoms with Crippen LogP contribution in [0.4, 0.5) is 0 Å². The molecule has 2 aliphatic carbocycles. The van der Waals surface area contributed by atoms with E-state index in [4.69, 9.17) is 0 Å². The Morgan fingerprint density at radius 1 is 1.18 bits per heavy atom. The van der Waals surface area contributed by atoms with Gasteiger partial charge in [-0.2, -0.15) is 0 Å². The predicted molar refractivity (Wildman–Crippen MR) is 143 cm³/mol. The van der Waals surface area contributed by atoms with Crippen molar-refractivity contribution in [1.29, 1.82) is 0 Å². The van der Waals surface area contributed by atoms with E-state index in [9.17, 15) is 4.79 Å². The molecule has 0 N–H and O–H groups in total. The van der Waals surface area contributed by atoms with Gasteiger partial charge in [-0.25, -0.2) is 0 Å². The first-order chi connectivity index (χ1) is 16.6. The molecule has 0 spiro atoms. The smallest absolute Gasteiger partial charge is 0.229 e. The van der Waals surface area contributed by atoms with Gasteiger partial charge in [-0.1, -0.05) is 49.0 Å². The van der Waals surface area contributed by atoms with E-state index in [1.807, 2.05) is 4.90 Å². The zero-order chi connectivity index (χ0) is 24.1. The van der Waals surface area contributed by atoms with Crippen LogP contribution in [0.3, 0.4) is 0 Å². The Balaban J connectivity index is 1.62. The van der Waals surface area contributed by atoms with Crippen molar-refractivity contribution >= 4 is 5.91 Å². The van der Waals surface area contributed by atoms with Gasteiger partial charge in [0.05, 0.1) is 12.0 Å². The van der Waals surface area contributed by atoms with E-state index in [2.05, 4.69) is 73.6 Å². The molecule has 2 heterocycles. The maximum absolute atomic E-state index is 13.0. The summed E-state index contributed by atoms with van der Waals surface area (Å²) in [6.07, 6.45) is 22.0. The number of carbonyl (C=O) groups is 1. The predicted octanol–water partition coefficient (Wildman–Crippen LogP) is 5.51. The van der Waals surface area contributed by atoms with Crippen molar-refractivity contribution in [2.75, 3.05) is 32.7 Å². The zero-order valence-electron chi connectivity index (χ0n) is 21.7. The summed E-state index contributed by atoms with van der Waals surface area (Å²) in [4.78, 5) is 20.4. The molecule has 4 aliphatic rings. The van der Waals surface area contributed by atoms with Gasteiger partial charge in [0.2, 0.25) is 5.91 Å². The quantitative estimate of drug-likeness (QED) is 0.422. The molecule has 2 aliphatic heterocycles. The second-order valence-corrected chi connectivity index (χ2v) is 10.4. The van der Waals surface area contributed by atoms with Gasteiger partial charge in [0.25, 0.3) is 0 Å². The van der Waals surface area contributed by atoms with Crippen LogP contribution in [0.15, 0.2) is 59.8 Å². The number of fused-ring (bicyclic) bond motifs is 2. The summed E-state index contributed by atoms with van der Waals surface area (Å²) >= 11 is 0. The summed E-state index contributed by atoms with van der Waals surface area (Å²) in [5.41, 5.74) is 4.48. The van der Waals surface area contributed by atoms with E-state index in [-0.39, 0.29) is 11.8 Å². The van der Waals surface area contributed by atoms with E-state index in [0.29, 0.717) is 18.1 Å². The summed E-state index contributed by atoms with van der Waals surface area (Å²) in [6.45, 7) is 15.3. The molecule has 0 radical (unpaired) electrons.